The van der Waals surface area contributed by atoms with Crippen LogP contribution in [0.15, 0.2) is 48.5 Å². The Labute approximate surface area is 159 Å². The van der Waals surface area contributed by atoms with Gasteiger partial charge in [0.25, 0.3) is 0 Å². The normalized spacial score (nSPS) is 19.2. The van der Waals surface area contributed by atoms with Gasteiger partial charge in [0.05, 0.1) is 30.4 Å². The van der Waals surface area contributed by atoms with Crippen molar-refractivity contribution >= 4 is 23.0 Å². The summed E-state index contributed by atoms with van der Waals surface area (Å²) >= 11 is 0. The number of carbonyl (C=O) groups is 1. The molecule has 2 aromatic rings. The number of amides is 1. The van der Waals surface area contributed by atoms with Gasteiger partial charge in [0.15, 0.2) is 0 Å². The molecule has 2 N–H and O–H groups in total. The maximum atomic E-state index is 12.1. The molecule has 0 radical (unpaired) electrons. The van der Waals surface area contributed by atoms with Gasteiger partial charge in [0.1, 0.15) is 0 Å². The fraction of sp³-hybridized carbons (Fsp3) is 0.333. The van der Waals surface area contributed by atoms with Crippen LogP contribution in [0.2, 0.25) is 0 Å². The minimum atomic E-state index is -0.124. The number of hydrogen-bond donors (Lipinski definition) is 2. The van der Waals surface area contributed by atoms with Gasteiger partial charge in [-0.25, -0.2) is 0 Å². The molecule has 6 nitrogen and oxygen atoms in total. The van der Waals surface area contributed by atoms with E-state index in [4.69, 9.17) is 10.00 Å². The van der Waals surface area contributed by atoms with E-state index in [0.29, 0.717) is 5.56 Å². The first-order chi connectivity index (χ1) is 13.0. The van der Waals surface area contributed by atoms with Gasteiger partial charge in [0, 0.05) is 30.2 Å². The molecular formula is C21H24N4O2. The number of carbonyl (C=O) groups excluding carboxylic acids is 1. The van der Waals surface area contributed by atoms with Crippen molar-refractivity contribution in [2.24, 2.45) is 0 Å². The predicted molar refractivity (Wildman–Crippen MR) is 107 cm³/mol. The molecule has 2 aromatic carbocycles. The van der Waals surface area contributed by atoms with Gasteiger partial charge in [0.2, 0.25) is 5.91 Å². The molecule has 0 aromatic heterocycles. The summed E-state index contributed by atoms with van der Waals surface area (Å²) < 4.78 is 5.77. The minimum Gasteiger partial charge on any atom is -0.376 e. The molecule has 0 aliphatic carbocycles. The van der Waals surface area contributed by atoms with Gasteiger partial charge >= 0.3 is 0 Å². The van der Waals surface area contributed by atoms with E-state index in [1.54, 1.807) is 24.3 Å². The Morgan fingerprint density at radius 2 is 1.67 bits per heavy atom. The first-order valence-electron chi connectivity index (χ1n) is 9.08. The van der Waals surface area contributed by atoms with E-state index in [2.05, 4.69) is 35.5 Å². The number of anilines is 3. The lowest BCUT2D eigenvalue weighted by Gasteiger charge is -2.36. The van der Waals surface area contributed by atoms with Crippen LogP contribution in [0.25, 0.3) is 0 Å². The zero-order valence-corrected chi connectivity index (χ0v) is 15.6. The molecule has 1 aliphatic heterocycles. The van der Waals surface area contributed by atoms with Crippen LogP contribution in [0.1, 0.15) is 19.4 Å². The van der Waals surface area contributed by atoms with E-state index in [1.807, 2.05) is 24.3 Å². The molecule has 6 heteroatoms. The van der Waals surface area contributed by atoms with Crippen molar-refractivity contribution in [3.05, 3.63) is 54.1 Å². The molecule has 1 saturated heterocycles. The smallest absolute Gasteiger partial charge is 0.243 e. The molecule has 1 fully saturated rings. The van der Waals surface area contributed by atoms with Crippen molar-refractivity contribution in [3.8, 4) is 6.07 Å². The highest BCUT2D eigenvalue weighted by molar-refractivity contribution is 5.93. The summed E-state index contributed by atoms with van der Waals surface area (Å²) in [4.78, 5) is 14.4. The summed E-state index contributed by atoms with van der Waals surface area (Å²) in [6.45, 7) is 6.05. The number of rotatable bonds is 5. The second-order valence-corrected chi connectivity index (χ2v) is 6.80. The molecule has 27 heavy (non-hydrogen) atoms. The van der Waals surface area contributed by atoms with E-state index in [1.165, 1.54) is 0 Å². The van der Waals surface area contributed by atoms with Crippen molar-refractivity contribution in [2.45, 2.75) is 26.1 Å². The molecule has 3 rings (SSSR count). The lowest BCUT2D eigenvalue weighted by molar-refractivity contribution is -0.114. The first-order valence-corrected chi connectivity index (χ1v) is 9.08. The van der Waals surface area contributed by atoms with Gasteiger partial charge in [-0.05, 0) is 62.4 Å². The summed E-state index contributed by atoms with van der Waals surface area (Å²) in [5.74, 6) is -0.124. The third-order valence-corrected chi connectivity index (χ3v) is 4.40. The maximum Gasteiger partial charge on any atom is 0.243 e. The monoisotopic (exact) mass is 364 g/mol. The Morgan fingerprint density at radius 3 is 2.26 bits per heavy atom. The summed E-state index contributed by atoms with van der Waals surface area (Å²) in [7, 11) is 0. The predicted octanol–water partition coefficient (Wildman–Crippen LogP) is 3.22. The molecule has 1 aliphatic rings. The number of ether oxygens (including phenoxy) is 1. The minimum absolute atomic E-state index is 0.124. The third kappa shape index (κ3) is 5.22. The van der Waals surface area contributed by atoms with Crippen LogP contribution in [0, 0.1) is 11.3 Å². The summed E-state index contributed by atoms with van der Waals surface area (Å²) in [6.07, 6.45) is 0.419. The van der Waals surface area contributed by atoms with E-state index in [9.17, 15) is 4.79 Å². The van der Waals surface area contributed by atoms with Crippen molar-refractivity contribution in [1.82, 2.24) is 0 Å². The number of nitrogens with zero attached hydrogens (tertiary/aromatic N) is 2. The largest absolute Gasteiger partial charge is 0.376 e. The van der Waals surface area contributed by atoms with E-state index in [0.717, 1.165) is 30.2 Å². The van der Waals surface area contributed by atoms with Crippen LogP contribution in [-0.4, -0.2) is 37.7 Å². The average molecular weight is 364 g/mol. The van der Waals surface area contributed by atoms with Crippen LogP contribution < -0.4 is 15.5 Å². The standard InChI is InChI=1S/C21H24N4O2/c1-15-13-25(14-16(2)27-15)20-9-7-19(8-10-20)24-21(26)12-23-18-5-3-17(11-22)4-6-18/h3-10,15-16,23H,12-14H2,1-2H3,(H,24,26). The molecule has 0 bridgehead atoms. The SMILES string of the molecule is CC1CN(c2ccc(NC(=O)CNc3ccc(C#N)cc3)cc2)CC(C)O1. The summed E-state index contributed by atoms with van der Waals surface area (Å²) in [5.41, 5.74) is 3.29. The Balaban J connectivity index is 1.51. The highest BCUT2D eigenvalue weighted by Gasteiger charge is 2.22. The Kier molecular flexibility index (Phi) is 5.94. The van der Waals surface area contributed by atoms with Gasteiger partial charge in [-0.3, -0.25) is 4.79 Å². The third-order valence-electron chi connectivity index (χ3n) is 4.40. The van der Waals surface area contributed by atoms with E-state index < -0.39 is 0 Å². The molecule has 0 spiro atoms. The molecule has 2 unspecified atom stereocenters. The second kappa shape index (κ2) is 8.56. The quantitative estimate of drug-likeness (QED) is 0.852. The average Bonchev–Trinajstić information content (AvgIpc) is 2.66. The highest BCUT2D eigenvalue weighted by atomic mass is 16.5. The van der Waals surface area contributed by atoms with Crippen LogP contribution in [0.3, 0.4) is 0 Å². The number of nitriles is 1. The summed E-state index contributed by atoms with van der Waals surface area (Å²) in [6, 6.07) is 16.9. The zero-order valence-electron chi connectivity index (χ0n) is 15.6. The van der Waals surface area contributed by atoms with Gasteiger partial charge in [-0.1, -0.05) is 0 Å². The lowest BCUT2D eigenvalue weighted by atomic mass is 10.2. The fourth-order valence-electron chi connectivity index (χ4n) is 3.19. The van der Waals surface area contributed by atoms with Crippen molar-refractivity contribution in [3.63, 3.8) is 0 Å². The van der Waals surface area contributed by atoms with Crippen LogP contribution in [0.4, 0.5) is 17.1 Å². The molecule has 0 saturated carbocycles. The first kappa shape index (κ1) is 18.7. The molecule has 140 valence electrons. The lowest BCUT2D eigenvalue weighted by Crippen LogP contribution is -2.45. The number of benzene rings is 2. The van der Waals surface area contributed by atoms with Crippen LogP contribution >= 0.6 is 0 Å². The Morgan fingerprint density at radius 1 is 1.07 bits per heavy atom. The van der Waals surface area contributed by atoms with Crippen molar-refractivity contribution < 1.29 is 9.53 Å². The molecule has 1 heterocycles. The van der Waals surface area contributed by atoms with Gasteiger partial charge < -0.3 is 20.3 Å². The van der Waals surface area contributed by atoms with Crippen molar-refractivity contribution in [2.75, 3.05) is 35.2 Å². The van der Waals surface area contributed by atoms with E-state index >= 15 is 0 Å². The van der Waals surface area contributed by atoms with Crippen LogP contribution in [-0.2, 0) is 9.53 Å². The second-order valence-electron chi connectivity index (χ2n) is 6.80. The number of hydrogen-bond acceptors (Lipinski definition) is 5. The zero-order chi connectivity index (χ0) is 19.2. The van der Waals surface area contributed by atoms with Gasteiger partial charge in [-0.2, -0.15) is 5.26 Å². The Hall–Kier alpha value is -3.04. The van der Waals surface area contributed by atoms with Crippen molar-refractivity contribution in [1.29, 1.82) is 5.26 Å². The van der Waals surface area contributed by atoms with E-state index in [-0.39, 0.29) is 24.7 Å². The number of morpholine rings is 1. The molecule has 1 amide bonds. The highest BCUT2D eigenvalue weighted by Crippen LogP contribution is 2.22. The Bertz CT molecular complexity index is 802. The molecule has 2 atom stereocenters. The fourth-order valence-corrected chi connectivity index (χ4v) is 3.19. The van der Waals surface area contributed by atoms with Crippen LogP contribution in [0.5, 0.6) is 0 Å². The topological polar surface area (TPSA) is 77.4 Å². The summed E-state index contributed by atoms with van der Waals surface area (Å²) in [5, 5.41) is 14.7. The molecular weight excluding hydrogens is 340 g/mol. The number of nitrogens with one attached hydrogen (secondary N) is 2. The maximum absolute atomic E-state index is 12.1. The van der Waals surface area contributed by atoms with Gasteiger partial charge in [-0.15, -0.1) is 0 Å².